The van der Waals surface area contributed by atoms with Crippen molar-refractivity contribution in [1.29, 1.82) is 0 Å². The molecule has 2 aliphatic heterocycles. The molecule has 0 bridgehead atoms. The fourth-order valence-corrected chi connectivity index (χ4v) is 3.22. The molecular weight excluding hydrogens is 268 g/mol. The SMILES string of the molecule is O=C(O)C1CCN(C(=O)C2CNc3ccccc3C2)CC1. The van der Waals surface area contributed by atoms with Crippen molar-refractivity contribution in [1.82, 2.24) is 4.90 Å². The van der Waals surface area contributed by atoms with Crippen LogP contribution in [-0.2, 0) is 16.0 Å². The van der Waals surface area contributed by atoms with E-state index in [1.165, 1.54) is 5.56 Å². The number of carbonyl (C=O) groups excluding carboxylic acids is 1. The Morgan fingerprint density at radius 1 is 1.14 bits per heavy atom. The number of nitrogens with one attached hydrogen (secondary N) is 1. The van der Waals surface area contributed by atoms with Crippen LogP contribution in [0.5, 0.6) is 0 Å². The first-order valence-corrected chi connectivity index (χ1v) is 7.48. The summed E-state index contributed by atoms with van der Waals surface area (Å²) in [6.45, 7) is 1.79. The molecule has 5 heteroatoms. The van der Waals surface area contributed by atoms with Crippen molar-refractivity contribution < 1.29 is 14.7 Å². The average molecular weight is 288 g/mol. The summed E-state index contributed by atoms with van der Waals surface area (Å²) in [6, 6.07) is 8.07. The first-order valence-electron chi connectivity index (χ1n) is 7.48. The number of likely N-dealkylation sites (tertiary alicyclic amines) is 1. The zero-order valence-electron chi connectivity index (χ0n) is 11.9. The van der Waals surface area contributed by atoms with E-state index in [0.717, 1.165) is 12.1 Å². The average Bonchev–Trinajstić information content (AvgIpc) is 2.54. The first-order chi connectivity index (χ1) is 10.1. The summed E-state index contributed by atoms with van der Waals surface area (Å²) in [5.74, 6) is -0.920. The lowest BCUT2D eigenvalue weighted by molar-refractivity contribution is -0.146. The van der Waals surface area contributed by atoms with E-state index >= 15 is 0 Å². The summed E-state index contributed by atoms with van der Waals surface area (Å²) in [6.07, 6.45) is 1.90. The van der Waals surface area contributed by atoms with Gasteiger partial charge in [-0.15, -0.1) is 0 Å². The van der Waals surface area contributed by atoms with E-state index in [0.29, 0.717) is 32.5 Å². The molecule has 3 rings (SSSR count). The highest BCUT2D eigenvalue weighted by molar-refractivity contribution is 5.81. The van der Waals surface area contributed by atoms with E-state index < -0.39 is 5.97 Å². The van der Waals surface area contributed by atoms with Gasteiger partial charge in [0.2, 0.25) is 5.91 Å². The van der Waals surface area contributed by atoms with Gasteiger partial charge in [0, 0.05) is 25.3 Å². The third-order valence-corrected chi connectivity index (χ3v) is 4.53. The maximum absolute atomic E-state index is 12.6. The minimum absolute atomic E-state index is 0.0405. The molecule has 1 aromatic carbocycles. The number of benzene rings is 1. The number of nitrogens with zero attached hydrogens (tertiary/aromatic N) is 1. The van der Waals surface area contributed by atoms with Crippen LogP contribution in [0.25, 0.3) is 0 Å². The molecule has 21 heavy (non-hydrogen) atoms. The number of carboxylic acids is 1. The van der Waals surface area contributed by atoms with Crippen LogP contribution in [0.2, 0.25) is 0 Å². The Labute approximate surface area is 123 Å². The van der Waals surface area contributed by atoms with Crippen LogP contribution in [0, 0.1) is 11.8 Å². The predicted molar refractivity (Wildman–Crippen MR) is 79.1 cm³/mol. The highest BCUT2D eigenvalue weighted by Gasteiger charge is 2.32. The van der Waals surface area contributed by atoms with Crippen LogP contribution in [-0.4, -0.2) is 41.5 Å². The Hall–Kier alpha value is -2.04. The third-order valence-electron chi connectivity index (χ3n) is 4.53. The van der Waals surface area contributed by atoms with Crippen LogP contribution in [0.15, 0.2) is 24.3 Å². The van der Waals surface area contributed by atoms with Gasteiger partial charge in [0.05, 0.1) is 11.8 Å². The van der Waals surface area contributed by atoms with Gasteiger partial charge in [0.15, 0.2) is 0 Å². The molecule has 112 valence electrons. The molecule has 1 unspecified atom stereocenters. The Morgan fingerprint density at radius 3 is 2.57 bits per heavy atom. The number of hydrogen-bond acceptors (Lipinski definition) is 3. The molecule has 0 saturated carbocycles. The largest absolute Gasteiger partial charge is 0.481 e. The monoisotopic (exact) mass is 288 g/mol. The molecule has 1 atom stereocenters. The second kappa shape index (κ2) is 5.76. The number of aliphatic carboxylic acids is 1. The molecule has 0 spiro atoms. The van der Waals surface area contributed by atoms with Gasteiger partial charge in [-0.25, -0.2) is 0 Å². The second-order valence-corrected chi connectivity index (χ2v) is 5.88. The molecule has 1 amide bonds. The van der Waals surface area contributed by atoms with Crippen molar-refractivity contribution in [2.45, 2.75) is 19.3 Å². The normalized spacial score (nSPS) is 22.3. The van der Waals surface area contributed by atoms with E-state index in [2.05, 4.69) is 11.4 Å². The molecule has 2 aliphatic rings. The molecule has 0 aliphatic carbocycles. The van der Waals surface area contributed by atoms with Gasteiger partial charge in [-0.2, -0.15) is 0 Å². The molecule has 1 saturated heterocycles. The number of carbonyl (C=O) groups is 2. The number of piperidine rings is 1. The number of para-hydroxylation sites is 1. The number of carboxylic acid groups (broad SMARTS) is 1. The Bertz CT molecular complexity index is 550. The van der Waals surface area contributed by atoms with Crippen molar-refractivity contribution in [3.63, 3.8) is 0 Å². The summed E-state index contributed by atoms with van der Waals surface area (Å²) in [4.78, 5) is 25.4. The Morgan fingerprint density at radius 2 is 1.86 bits per heavy atom. The summed E-state index contributed by atoms with van der Waals surface area (Å²) < 4.78 is 0. The Kier molecular flexibility index (Phi) is 3.82. The summed E-state index contributed by atoms with van der Waals surface area (Å²) in [5, 5.41) is 12.3. The molecule has 0 radical (unpaired) electrons. The minimum atomic E-state index is -0.740. The van der Waals surface area contributed by atoms with Crippen molar-refractivity contribution >= 4 is 17.6 Å². The summed E-state index contributed by atoms with van der Waals surface area (Å²) in [7, 11) is 0. The van der Waals surface area contributed by atoms with Crippen molar-refractivity contribution in [2.75, 3.05) is 25.0 Å². The smallest absolute Gasteiger partial charge is 0.306 e. The lowest BCUT2D eigenvalue weighted by Gasteiger charge is -2.34. The lowest BCUT2D eigenvalue weighted by Crippen LogP contribution is -2.46. The van der Waals surface area contributed by atoms with Crippen LogP contribution >= 0.6 is 0 Å². The third kappa shape index (κ3) is 2.86. The second-order valence-electron chi connectivity index (χ2n) is 5.88. The number of fused-ring (bicyclic) bond motifs is 1. The topological polar surface area (TPSA) is 69.6 Å². The fraction of sp³-hybridized carbons (Fsp3) is 0.500. The fourth-order valence-electron chi connectivity index (χ4n) is 3.22. The standard InChI is InChI=1S/C16H20N2O3/c19-15(18-7-5-11(6-8-18)16(20)21)13-9-12-3-1-2-4-14(12)17-10-13/h1-4,11,13,17H,5-10H2,(H,20,21). The lowest BCUT2D eigenvalue weighted by atomic mass is 9.91. The van der Waals surface area contributed by atoms with Gasteiger partial charge in [-0.1, -0.05) is 18.2 Å². The number of rotatable bonds is 2. The van der Waals surface area contributed by atoms with E-state index in [4.69, 9.17) is 5.11 Å². The molecule has 1 fully saturated rings. The molecule has 5 nitrogen and oxygen atoms in total. The van der Waals surface area contributed by atoms with Crippen LogP contribution in [0.3, 0.4) is 0 Å². The summed E-state index contributed by atoms with van der Waals surface area (Å²) >= 11 is 0. The van der Waals surface area contributed by atoms with Crippen molar-refractivity contribution in [3.8, 4) is 0 Å². The zero-order valence-corrected chi connectivity index (χ0v) is 11.9. The van der Waals surface area contributed by atoms with Gasteiger partial charge in [0.1, 0.15) is 0 Å². The molecule has 2 N–H and O–H groups in total. The Balaban J connectivity index is 1.61. The van der Waals surface area contributed by atoms with Crippen molar-refractivity contribution in [3.05, 3.63) is 29.8 Å². The van der Waals surface area contributed by atoms with E-state index in [1.807, 2.05) is 23.1 Å². The number of amides is 1. The minimum Gasteiger partial charge on any atom is -0.481 e. The quantitative estimate of drug-likeness (QED) is 0.867. The number of hydrogen-bond donors (Lipinski definition) is 2. The van der Waals surface area contributed by atoms with E-state index in [1.54, 1.807) is 0 Å². The maximum atomic E-state index is 12.6. The summed E-state index contributed by atoms with van der Waals surface area (Å²) in [5.41, 5.74) is 2.30. The van der Waals surface area contributed by atoms with Gasteiger partial charge >= 0.3 is 5.97 Å². The van der Waals surface area contributed by atoms with Gasteiger partial charge in [-0.05, 0) is 30.9 Å². The van der Waals surface area contributed by atoms with Crippen LogP contribution < -0.4 is 5.32 Å². The van der Waals surface area contributed by atoms with E-state index in [-0.39, 0.29) is 17.7 Å². The maximum Gasteiger partial charge on any atom is 0.306 e. The van der Waals surface area contributed by atoms with Gasteiger partial charge in [-0.3, -0.25) is 9.59 Å². The molecule has 2 heterocycles. The molecule has 1 aromatic rings. The van der Waals surface area contributed by atoms with Gasteiger partial charge in [0.25, 0.3) is 0 Å². The predicted octanol–water partition coefficient (Wildman–Crippen LogP) is 1.59. The zero-order chi connectivity index (χ0) is 14.8. The highest BCUT2D eigenvalue weighted by Crippen LogP contribution is 2.26. The van der Waals surface area contributed by atoms with Crippen LogP contribution in [0.4, 0.5) is 5.69 Å². The van der Waals surface area contributed by atoms with E-state index in [9.17, 15) is 9.59 Å². The number of anilines is 1. The highest BCUT2D eigenvalue weighted by atomic mass is 16.4. The van der Waals surface area contributed by atoms with Crippen LogP contribution in [0.1, 0.15) is 18.4 Å². The van der Waals surface area contributed by atoms with Gasteiger partial charge < -0.3 is 15.3 Å². The first kappa shape index (κ1) is 13.9. The molecular formula is C16H20N2O3. The van der Waals surface area contributed by atoms with Crippen molar-refractivity contribution in [2.24, 2.45) is 11.8 Å². The molecule has 0 aromatic heterocycles.